The fourth-order valence-corrected chi connectivity index (χ4v) is 1.79. The molecule has 0 aliphatic carbocycles. The van der Waals surface area contributed by atoms with Crippen molar-refractivity contribution >= 4 is 16.5 Å². The van der Waals surface area contributed by atoms with Crippen molar-refractivity contribution in [1.82, 2.24) is 9.55 Å². The molecule has 78 valence electrons. The van der Waals surface area contributed by atoms with Crippen molar-refractivity contribution in [2.45, 2.75) is 0 Å². The van der Waals surface area contributed by atoms with Gasteiger partial charge in [-0.25, -0.2) is 4.98 Å². The van der Waals surface area contributed by atoms with E-state index in [9.17, 15) is 0 Å². The summed E-state index contributed by atoms with van der Waals surface area (Å²) in [5.41, 5.74) is 6.46. The first-order chi connectivity index (χ1) is 7.83. The summed E-state index contributed by atoms with van der Waals surface area (Å²) in [6.07, 6.45) is 5.82. The molecule has 0 spiro atoms. The summed E-state index contributed by atoms with van der Waals surface area (Å²) in [6.45, 7) is 0. The Balaban J connectivity index is 2.19. The lowest BCUT2D eigenvalue weighted by atomic mass is 10.2. The maximum Gasteiger partial charge on any atom is 0.138 e. The summed E-state index contributed by atoms with van der Waals surface area (Å²) in [7, 11) is 0. The van der Waals surface area contributed by atoms with Gasteiger partial charge in [0.1, 0.15) is 5.82 Å². The maximum absolute atomic E-state index is 5.74. The molecule has 0 aliphatic rings. The third-order valence-electron chi connectivity index (χ3n) is 2.59. The minimum absolute atomic E-state index is 0.725. The van der Waals surface area contributed by atoms with E-state index < -0.39 is 0 Å². The zero-order chi connectivity index (χ0) is 11.0. The fraction of sp³-hybridized carbons (Fsp3) is 0. The van der Waals surface area contributed by atoms with E-state index in [4.69, 9.17) is 5.73 Å². The van der Waals surface area contributed by atoms with E-state index in [0.717, 1.165) is 11.5 Å². The smallest absolute Gasteiger partial charge is 0.138 e. The number of nitrogens with two attached hydrogens (primary N) is 1. The zero-order valence-electron chi connectivity index (χ0n) is 8.67. The molecule has 3 rings (SSSR count). The molecule has 3 heteroatoms. The summed E-state index contributed by atoms with van der Waals surface area (Å²) in [4.78, 5) is 4.29. The first kappa shape index (κ1) is 8.97. The number of hydrogen-bond acceptors (Lipinski definition) is 2. The third kappa shape index (κ3) is 1.42. The molecule has 2 heterocycles. The Morgan fingerprint density at radius 3 is 2.31 bits per heavy atom. The molecular formula is C13H11N3. The molecule has 3 nitrogen and oxygen atoms in total. The quantitative estimate of drug-likeness (QED) is 0.669. The van der Waals surface area contributed by atoms with Crippen molar-refractivity contribution in [3.63, 3.8) is 0 Å². The normalized spacial score (nSPS) is 10.8. The molecule has 0 radical (unpaired) electrons. The van der Waals surface area contributed by atoms with E-state index in [1.165, 1.54) is 10.8 Å². The highest BCUT2D eigenvalue weighted by Gasteiger charge is 2.00. The summed E-state index contributed by atoms with van der Waals surface area (Å²) in [5, 5.41) is 2.40. The van der Waals surface area contributed by atoms with Crippen LogP contribution in [0.5, 0.6) is 0 Å². The van der Waals surface area contributed by atoms with Crippen molar-refractivity contribution in [2.24, 2.45) is 0 Å². The molecule has 2 N–H and O–H groups in total. The van der Waals surface area contributed by atoms with Gasteiger partial charge in [0.25, 0.3) is 0 Å². The Bertz CT molecular complexity index is 607. The highest BCUT2D eigenvalue weighted by molar-refractivity contribution is 5.82. The Labute approximate surface area is 93.1 Å². The van der Waals surface area contributed by atoms with Gasteiger partial charge in [-0.1, -0.05) is 24.3 Å². The van der Waals surface area contributed by atoms with Crippen LogP contribution in [-0.4, -0.2) is 9.55 Å². The topological polar surface area (TPSA) is 43.8 Å². The van der Waals surface area contributed by atoms with Gasteiger partial charge >= 0.3 is 0 Å². The van der Waals surface area contributed by atoms with Gasteiger partial charge in [0.15, 0.2) is 0 Å². The number of anilines is 1. The lowest BCUT2D eigenvalue weighted by molar-refractivity contribution is 1.01. The largest absolute Gasteiger partial charge is 0.399 e. The number of rotatable bonds is 1. The number of hydrogen-bond donors (Lipinski definition) is 1. The van der Waals surface area contributed by atoms with Crippen LogP contribution in [0.1, 0.15) is 0 Å². The van der Waals surface area contributed by atoms with E-state index >= 15 is 0 Å². The van der Waals surface area contributed by atoms with Crippen LogP contribution in [0.15, 0.2) is 55.0 Å². The van der Waals surface area contributed by atoms with Crippen LogP contribution in [0.4, 0.5) is 5.69 Å². The molecule has 0 fully saturated rings. The molecule has 0 atom stereocenters. The lowest BCUT2D eigenvalue weighted by Crippen LogP contribution is -1.95. The van der Waals surface area contributed by atoms with Crippen LogP contribution in [-0.2, 0) is 0 Å². The van der Waals surface area contributed by atoms with Crippen LogP contribution >= 0.6 is 0 Å². The Morgan fingerprint density at radius 1 is 1.00 bits per heavy atom. The van der Waals surface area contributed by atoms with Crippen molar-refractivity contribution in [1.29, 1.82) is 0 Å². The van der Waals surface area contributed by atoms with Crippen LogP contribution < -0.4 is 5.73 Å². The average molecular weight is 209 g/mol. The van der Waals surface area contributed by atoms with E-state index in [1.807, 2.05) is 22.8 Å². The molecular weight excluding hydrogens is 198 g/mol. The third-order valence-corrected chi connectivity index (χ3v) is 2.59. The van der Waals surface area contributed by atoms with Gasteiger partial charge in [-0.15, -0.1) is 0 Å². The molecule has 0 saturated heterocycles. The van der Waals surface area contributed by atoms with Gasteiger partial charge < -0.3 is 10.3 Å². The molecule has 0 amide bonds. The zero-order valence-corrected chi connectivity index (χ0v) is 8.67. The molecule has 16 heavy (non-hydrogen) atoms. The van der Waals surface area contributed by atoms with Crippen LogP contribution in [0, 0.1) is 0 Å². The number of benzene rings is 1. The number of fused-ring (bicyclic) bond motifs is 1. The average Bonchev–Trinajstić information content (AvgIpc) is 2.72. The van der Waals surface area contributed by atoms with Crippen molar-refractivity contribution in [2.75, 3.05) is 5.73 Å². The highest BCUT2D eigenvalue weighted by Crippen LogP contribution is 2.18. The summed E-state index contributed by atoms with van der Waals surface area (Å²) in [5.74, 6) is 0.844. The van der Waals surface area contributed by atoms with Crippen molar-refractivity contribution in [3.05, 3.63) is 55.0 Å². The molecule has 0 aliphatic heterocycles. The van der Waals surface area contributed by atoms with Gasteiger partial charge in [0.05, 0.1) is 0 Å². The van der Waals surface area contributed by atoms with Crippen LogP contribution in [0.25, 0.3) is 16.6 Å². The predicted molar refractivity (Wildman–Crippen MR) is 65.5 cm³/mol. The Morgan fingerprint density at radius 2 is 1.69 bits per heavy atom. The van der Waals surface area contributed by atoms with E-state index in [0.29, 0.717) is 0 Å². The summed E-state index contributed by atoms with van der Waals surface area (Å²) >= 11 is 0. The predicted octanol–water partition coefficient (Wildman–Crippen LogP) is 2.61. The molecule has 0 bridgehead atoms. The van der Waals surface area contributed by atoms with Crippen LogP contribution in [0.2, 0.25) is 0 Å². The van der Waals surface area contributed by atoms with Gasteiger partial charge in [-0.3, -0.25) is 0 Å². The SMILES string of the molecule is Nc1ccnc(-n2cc3ccccc3c2)c1. The first-order valence-electron chi connectivity index (χ1n) is 5.11. The second kappa shape index (κ2) is 3.38. The second-order valence-corrected chi connectivity index (χ2v) is 3.74. The maximum atomic E-state index is 5.74. The standard InChI is InChI=1S/C13H11N3/c14-12-5-6-15-13(7-12)16-8-10-3-1-2-4-11(10)9-16/h1-9H,(H2,14,15). The molecule has 0 unspecified atom stereocenters. The van der Waals surface area contributed by atoms with Gasteiger partial charge in [0.2, 0.25) is 0 Å². The highest BCUT2D eigenvalue weighted by atomic mass is 15.0. The minimum atomic E-state index is 0.725. The molecule has 2 aromatic heterocycles. The first-order valence-corrected chi connectivity index (χ1v) is 5.11. The summed E-state index contributed by atoms with van der Waals surface area (Å²) in [6, 6.07) is 11.9. The van der Waals surface area contributed by atoms with Crippen molar-refractivity contribution in [3.8, 4) is 5.82 Å². The van der Waals surface area contributed by atoms with Crippen molar-refractivity contribution < 1.29 is 0 Å². The molecule has 0 saturated carbocycles. The Kier molecular flexibility index (Phi) is 1.90. The fourth-order valence-electron chi connectivity index (χ4n) is 1.79. The van der Waals surface area contributed by atoms with E-state index in [-0.39, 0.29) is 0 Å². The molecule has 1 aromatic carbocycles. The second-order valence-electron chi connectivity index (χ2n) is 3.74. The number of aromatic nitrogens is 2. The van der Waals surface area contributed by atoms with E-state index in [2.05, 4.69) is 29.5 Å². The van der Waals surface area contributed by atoms with Gasteiger partial charge in [-0.2, -0.15) is 0 Å². The summed E-state index contributed by atoms with van der Waals surface area (Å²) < 4.78 is 1.99. The number of pyridine rings is 1. The number of nitrogens with zero attached hydrogens (tertiary/aromatic N) is 2. The van der Waals surface area contributed by atoms with Gasteiger partial charge in [-0.05, 0) is 16.8 Å². The Hall–Kier alpha value is -2.29. The minimum Gasteiger partial charge on any atom is -0.399 e. The van der Waals surface area contributed by atoms with E-state index in [1.54, 1.807) is 12.3 Å². The van der Waals surface area contributed by atoms with Crippen LogP contribution in [0.3, 0.4) is 0 Å². The molecule has 3 aromatic rings. The monoisotopic (exact) mass is 209 g/mol. The van der Waals surface area contributed by atoms with Gasteiger partial charge in [0, 0.05) is 30.3 Å². The number of nitrogen functional groups attached to an aromatic ring is 1. The lowest BCUT2D eigenvalue weighted by Gasteiger charge is -2.01.